The number of amides is 1. The maximum absolute atomic E-state index is 13.4. The molecule has 1 amide bonds. The van der Waals surface area contributed by atoms with E-state index in [9.17, 15) is 35.1 Å². The summed E-state index contributed by atoms with van der Waals surface area (Å²) >= 11 is 0. The van der Waals surface area contributed by atoms with Crippen molar-refractivity contribution >= 4 is 11.9 Å². The van der Waals surface area contributed by atoms with Crippen LogP contribution in [0.2, 0.25) is 0 Å². The van der Waals surface area contributed by atoms with E-state index in [-0.39, 0.29) is 19.4 Å². The van der Waals surface area contributed by atoms with Gasteiger partial charge in [0.15, 0.2) is 12.4 Å². The fourth-order valence-electron chi connectivity index (χ4n) is 8.15. The van der Waals surface area contributed by atoms with Gasteiger partial charge in [0.1, 0.15) is 24.4 Å². The lowest BCUT2D eigenvalue weighted by atomic mass is 9.99. The van der Waals surface area contributed by atoms with Crippen molar-refractivity contribution in [2.45, 2.75) is 256 Å². The molecule has 71 heavy (non-hydrogen) atoms. The van der Waals surface area contributed by atoms with Crippen molar-refractivity contribution in [3.05, 3.63) is 97.2 Å². The number of carbonyl (C=O) groups excluding carboxylic acids is 2. The van der Waals surface area contributed by atoms with Crippen molar-refractivity contribution in [3.63, 3.8) is 0 Å². The molecule has 0 aromatic heterocycles. The third-order valence-electron chi connectivity index (χ3n) is 12.6. The predicted octanol–water partition coefficient (Wildman–Crippen LogP) is 12.4. The number of ether oxygens (including phenoxy) is 3. The average molecular weight is 996 g/mol. The summed E-state index contributed by atoms with van der Waals surface area (Å²) in [6.07, 6.45) is 51.6. The second-order valence-electron chi connectivity index (χ2n) is 19.1. The van der Waals surface area contributed by atoms with Crippen LogP contribution in [0.5, 0.6) is 0 Å². The smallest absolute Gasteiger partial charge is 0.306 e. The van der Waals surface area contributed by atoms with Crippen LogP contribution in [0, 0.1) is 0 Å². The van der Waals surface area contributed by atoms with Gasteiger partial charge in [-0.3, -0.25) is 9.59 Å². The van der Waals surface area contributed by atoms with E-state index in [1.54, 1.807) is 6.08 Å². The molecule has 0 aromatic carbocycles. The Morgan fingerprint density at radius 3 is 1.58 bits per heavy atom. The Balaban J connectivity index is 2.78. The predicted molar refractivity (Wildman–Crippen MR) is 292 cm³/mol. The number of esters is 1. The number of nitrogens with one attached hydrogen (secondary N) is 1. The largest absolute Gasteiger partial charge is 0.454 e. The lowest BCUT2D eigenvalue weighted by Crippen LogP contribution is -2.61. The molecule has 1 heterocycles. The highest BCUT2D eigenvalue weighted by Crippen LogP contribution is 2.26. The zero-order valence-electron chi connectivity index (χ0n) is 44.6. The second-order valence-corrected chi connectivity index (χ2v) is 19.1. The Kier molecular flexibility index (Phi) is 44.0. The van der Waals surface area contributed by atoms with Gasteiger partial charge >= 0.3 is 5.97 Å². The highest BCUT2D eigenvalue weighted by Gasteiger charge is 2.47. The quantitative estimate of drug-likeness (QED) is 0.0149. The van der Waals surface area contributed by atoms with E-state index in [0.717, 1.165) is 89.9 Å². The molecular formula is C60H101NO10. The number of hydrogen-bond acceptors (Lipinski definition) is 10. The number of aliphatic hydroxyl groups is 5. The standard InChI is InChI=1S/C60H101NO10/c1-4-7-10-13-16-19-22-24-26-27-28-30-33-36-39-42-45-48-55(65)71-58-57(67)56(66)54(49-62)70-60(58)69-50-51(52(63)46-43-40-37-34-31-21-18-15-12-9-6-3)61-59(68)53(64)47-44-41-38-35-32-29-25-23-20-17-14-11-8-5-2/h7,10,13,16,19-20,22-24,26-28,30,33,43,46,51-54,56-58,60,62-64,66-67H,4-6,8-9,11-12,14-15,17-18,21,25,29,31-32,34-42,44-45,47-50H2,1-3H3,(H,61,68)/b10-7-,16-13+,22-19+,23-20-,26-24-,28-27+,33-30+,46-43+. The van der Waals surface area contributed by atoms with Crippen molar-refractivity contribution in [2.24, 2.45) is 0 Å². The molecule has 406 valence electrons. The van der Waals surface area contributed by atoms with E-state index >= 15 is 0 Å². The molecule has 1 rings (SSSR count). The first kappa shape index (κ1) is 65.6. The molecule has 0 aromatic rings. The van der Waals surface area contributed by atoms with Crippen molar-refractivity contribution in [1.82, 2.24) is 5.32 Å². The zero-order chi connectivity index (χ0) is 51.8. The van der Waals surface area contributed by atoms with Crippen molar-refractivity contribution in [2.75, 3.05) is 13.2 Å². The summed E-state index contributed by atoms with van der Waals surface area (Å²) in [4.78, 5) is 26.4. The fourth-order valence-corrected chi connectivity index (χ4v) is 8.15. The van der Waals surface area contributed by atoms with E-state index < -0.39 is 67.4 Å². The molecule has 8 unspecified atom stereocenters. The lowest BCUT2D eigenvalue weighted by molar-refractivity contribution is -0.305. The highest BCUT2D eigenvalue weighted by molar-refractivity contribution is 5.80. The Labute approximate surface area is 431 Å². The van der Waals surface area contributed by atoms with E-state index in [1.165, 1.54) is 70.6 Å². The Morgan fingerprint density at radius 1 is 0.563 bits per heavy atom. The van der Waals surface area contributed by atoms with Crippen LogP contribution in [0.4, 0.5) is 0 Å². The molecule has 11 heteroatoms. The zero-order valence-corrected chi connectivity index (χ0v) is 44.6. The molecule has 1 aliphatic heterocycles. The summed E-state index contributed by atoms with van der Waals surface area (Å²) in [6, 6.07) is -1.04. The molecule has 0 bridgehead atoms. The Morgan fingerprint density at radius 2 is 1.03 bits per heavy atom. The van der Waals surface area contributed by atoms with Crippen LogP contribution in [0.25, 0.3) is 0 Å². The van der Waals surface area contributed by atoms with Crippen molar-refractivity contribution < 1.29 is 49.3 Å². The van der Waals surface area contributed by atoms with Crippen LogP contribution < -0.4 is 5.32 Å². The molecule has 1 aliphatic rings. The van der Waals surface area contributed by atoms with Gasteiger partial charge < -0.3 is 45.1 Å². The summed E-state index contributed by atoms with van der Waals surface area (Å²) in [5.74, 6) is -1.25. The van der Waals surface area contributed by atoms with Crippen molar-refractivity contribution in [1.29, 1.82) is 0 Å². The second kappa shape index (κ2) is 47.6. The maximum atomic E-state index is 13.4. The Bertz CT molecular complexity index is 1520. The molecule has 0 saturated carbocycles. The third kappa shape index (κ3) is 36.2. The first-order valence-electron chi connectivity index (χ1n) is 28.1. The number of allylic oxidation sites excluding steroid dienone is 15. The van der Waals surface area contributed by atoms with Crippen molar-refractivity contribution in [3.8, 4) is 0 Å². The number of rotatable bonds is 45. The lowest BCUT2D eigenvalue weighted by Gasteiger charge is -2.41. The molecule has 11 nitrogen and oxygen atoms in total. The number of unbranched alkanes of at least 4 members (excludes halogenated alkanes) is 22. The molecular weight excluding hydrogens is 895 g/mol. The molecule has 6 N–H and O–H groups in total. The highest BCUT2D eigenvalue weighted by atomic mass is 16.7. The van der Waals surface area contributed by atoms with Gasteiger partial charge in [-0.2, -0.15) is 0 Å². The number of aliphatic hydroxyl groups excluding tert-OH is 5. The topological polar surface area (TPSA) is 175 Å². The van der Waals surface area contributed by atoms with Crippen LogP contribution in [-0.4, -0.2) is 99.6 Å². The Hall–Kier alpha value is -3.42. The minimum absolute atomic E-state index is 0.0669. The van der Waals surface area contributed by atoms with E-state index in [4.69, 9.17) is 14.2 Å². The monoisotopic (exact) mass is 996 g/mol. The van der Waals surface area contributed by atoms with Crippen LogP contribution >= 0.6 is 0 Å². The molecule has 0 radical (unpaired) electrons. The van der Waals surface area contributed by atoms with Gasteiger partial charge in [0.2, 0.25) is 5.91 Å². The normalized spacial score (nSPS) is 20.4. The van der Waals surface area contributed by atoms with Gasteiger partial charge in [-0.05, 0) is 70.6 Å². The summed E-state index contributed by atoms with van der Waals surface area (Å²) in [5, 5.41) is 56.7. The van der Waals surface area contributed by atoms with Gasteiger partial charge in [-0.25, -0.2) is 0 Å². The van der Waals surface area contributed by atoms with Crippen LogP contribution in [0.15, 0.2) is 97.2 Å². The molecule has 1 fully saturated rings. The van der Waals surface area contributed by atoms with E-state index in [2.05, 4.69) is 50.4 Å². The van der Waals surface area contributed by atoms with Crippen LogP contribution in [0.1, 0.15) is 207 Å². The summed E-state index contributed by atoms with van der Waals surface area (Å²) in [7, 11) is 0. The molecule has 0 aliphatic carbocycles. The van der Waals surface area contributed by atoms with Gasteiger partial charge in [0.05, 0.1) is 25.4 Å². The van der Waals surface area contributed by atoms with Gasteiger partial charge in [-0.1, -0.05) is 227 Å². The van der Waals surface area contributed by atoms with E-state index in [0.29, 0.717) is 12.8 Å². The fraction of sp³-hybridized carbons (Fsp3) is 0.700. The average Bonchev–Trinajstić information content (AvgIpc) is 3.37. The molecule has 8 atom stereocenters. The molecule has 0 spiro atoms. The summed E-state index contributed by atoms with van der Waals surface area (Å²) < 4.78 is 17.5. The number of carbonyl (C=O) groups is 2. The van der Waals surface area contributed by atoms with Gasteiger partial charge in [0.25, 0.3) is 0 Å². The van der Waals surface area contributed by atoms with Crippen LogP contribution in [-0.2, 0) is 23.8 Å². The minimum Gasteiger partial charge on any atom is -0.454 e. The van der Waals surface area contributed by atoms with Crippen LogP contribution in [0.3, 0.4) is 0 Å². The number of hydrogen-bond donors (Lipinski definition) is 6. The minimum atomic E-state index is -1.64. The summed E-state index contributed by atoms with van der Waals surface area (Å²) in [5.41, 5.74) is 0. The van der Waals surface area contributed by atoms with Gasteiger partial charge in [0, 0.05) is 6.42 Å². The third-order valence-corrected chi connectivity index (χ3v) is 12.6. The van der Waals surface area contributed by atoms with E-state index in [1.807, 2.05) is 66.8 Å². The molecule has 1 saturated heterocycles. The first-order chi connectivity index (χ1) is 34.7. The summed E-state index contributed by atoms with van der Waals surface area (Å²) in [6.45, 7) is 5.57. The SMILES string of the molecule is CC\C=C/C=C/C=C/C=C\C=C\C=C\CCCCCC(=O)OC1C(OCC(NC(=O)C(O)CCCCCCCC/C=C\CCCCCC)C(O)/C=C/CCCCCCCCCCC)OC(CO)C(O)C1O. The maximum Gasteiger partial charge on any atom is 0.306 e. The van der Waals surface area contributed by atoms with Gasteiger partial charge in [-0.15, -0.1) is 0 Å². The first-order valence-corrected chi connectivity index (χ1v) is 28.1.